The van der Waals surface area contributed by atoms with E-state index in [0.717, 1.165) is 33.4 Å². The molecule has 0 spiro atoms. The fourth-order valence-electron chi connectivity index (χ4n) is 2.57. The molecule has 1 N–H and O–H groups in total. The molecule has 2 aromatic rings. The van der Waals surface area contributed by atoms with Crippen LogP contribution in [0.15, 0.2) is 18.5 Å². The predicted molar refractivity (Wildman–Crippen MR) is 84.5 cm³/mol. The van der Waals surface area contributed by atoms with Crippen molar-refractivity contribution in [2.24, 2.45) is 7.05 Å². The van der Waals surface area contributed by atoms with Gasteiger partial charge in [0.25, 0.3) is 5.91 Å². The van der Waals surface area contributed by atoms with E-state index in [0.29, 0.717) is 0 Å². The Morgan fingerprint density at radius 2 is 1.76 bits per heavy atom. The number of hydrogen-bond acceptors (Lipinski definition) is 2. The third-order valence-corrected chi connectivity index (χ3v) is 4.17. The number of nitrogens with one attached hydrogen (secondary N) is 1. The van der Waals surface area contributed by atoms with Gasteiger partial charge in [-0.1, -0.05) is 6.07 Å². The molecule has 0 bridgehead atoms. The average Bonchev–Trinajstić information content (AvgIpc) is 2.83. The first-order valence-electron chi connectivity index (χ1n) is 7.18. The van der Waals surface area contributed by atoms with Gasteiger partial charge in [-0.3, -0.25) is 9.48 Å². The molecule has 0 aliphatic heterocycles. The zero-order valence-corrected chi connectivity index (χ0v) is 13.6. The first-order valence-corrected chi connectivity index (χ1v) is 7.18. The lowest BCUT2D eigenvalue weighted by molar-refractivity contribution is 0.0938. The van der Waals surface area contributed by atoms with E-state index < -0.39 is 0 Å². The van der Waals surface area contributed by atoms with E-state index in [2.05, 4.69) is 16.5 Å². The third kappa shape index (κ3) is 2.99. The maximum absolute atomic E-state index is 12.6. The molecule has 0 radical (unpaired) electrons. The van der Waals surface area contributed by atoms with Gasteiger partial charge in [0, 0.05) is 24.4 Å². The summed E-state index contributed by atoms with van der Waals surface area (Å²) in [6, 6.07) is 2.07. The SMILES string of the molecule is Cc1cc(C)c(C)c(C(=O)NC(C)c2cnn(C)c2)c1C. The Kier molecular flexibility index (Phi) is 4.16. The van der Waals surface area contributed by atoms with Gasteiger partial charge in [0.2, 0.25) is 0 Å². The molecular formula is C17H23N3O. The second kappa shape index (κ2) is 5.72. The third-order valence-electron chi connectivity index (χ3n) is 4.17. The minimum Gasteiger partial charge on any atom is -0.345 e. The van der Waals surface area contributed by atoms with Crippen LogP contribution in [-0.4, -0.2) is 15.7 Å². The number of carbonyl (C=O) groups is 1. The zero-order valence-electron chi connectivity index (χ0n) is 13.6. The number of aryl methyl sites for hydroxylation is 3. The largest absolute Gasteiger partial charge is 0.345 e. The number of carbonyl (C=O) groups excluding carboxylic acids is 1. The monoisotopic (exact) mass is 285 g/mol. The lowest BCUT2D eigenvalue weighted by atomic mass is 9.93. The smallest absolute Gasteiger partial charge is 0.252 e. The van der Waals surface area contributed by atoms with Crippen molar-refractivity contribution in [2.75, 3.05) is 0 Å². The van der Waals surface area contributed by atoms with Gasteiger partial charge in [0.1, 0.15) is 0 Å². The molecule has 1 aromatic heterocycles. The summed E-state index contributed by atoms with van der Waals surface area (Å²) in [7, 11) is 1.87. The summed E-state index contributed by atoms with van der Waals surface area (Å²) in [5, 5.41) is 7.22. The molecule has 1 aromatic carbocycles. The van der Waals surface area contributed by atoms with E-state index >= 15 is 0 Å². The second-order valence-electron chi connectivity index (χ2n) is 5.78. The number of nitrogens with zero attached hydrogens (tertiary/aromatic N) is 2. The molecule has 112 valence electrons. The Bertz CT molecular complexity index is 659. The van der Waals surface area contributed by atoms with Crippen molar-refractivity contribution in [3.63, 3.8) is 0 Å². The topological polar surface area (TPSA) is 46.9 Å². The Balaban J connectivity index is 2.29. The molecule has 2 rings (SSSR count). The van der Waals surface area contributed by atoms with Gasteiger partial charge >= 0.3 is 0 Å². The van der Waals surface area contributed by atoms with Crippen molar-refractivity contribution in [3.05, 3.63) is 51.8 Å². The quantitative estimate of drug-likeness (QED) is 0.941. The van der Waals surface area contributed by atoms with Gasteiger partial charge in [0.15, 0.2) is 0 Å². The summed E-state index contributed by atoms with van der Waals surface area (Å²) in [5.74, 6) is -0.0202. The standard InChI is InChI=1S/C17H23N3O/c1-10-7-11(2)13(4)16(12(10)3)17(21)19-14(5)15-8-18-20(6)9-15/h7-9,14H,1-6H3,(H,19,21). The van der Waals surface area contributed by atoms with E-state index in [4.69, 9.17) is 0 Å². The maximum atomic E-state index is 12.6. The van der Waals surface area contributed by atoms with Gasteiger partial charge in [-0.2, -0.15) is 5.10 Å². The Hall–Kier alpha value is -2.10. The van der Waals surface area contributed by atoms with E-state index in [1.807, 2.05) is 47.9 Å². The van der Waals surface area contributed by atoms with E-state index in [1.165, 1.54) is 0 Å². The molecule has 1 atom stereocenters. The van der Waals surface area contributed by atoms with Crippen molar-refractivity contribution in [1.82, 2.24) is 15.1 Å². The van der Waals surface area contributed by atoms with Crippen LogP contribution < -0.4 is 5.32 Å². The van der Waals surface area contributed by atoms with Gasteiger partial charge in [-0.25, -0.2) is 0 Å². The van der Waals surface area contributed by atoms with Crippen LogP contribution in [0.4, 0.5) is 0 Å². The highest BCUT2D eigenvalue weighted by Crippen LogP contribution is 2.22. The average molecular weight is 285 g/mol. The Morgan fingerprint density at radius 1 is 1.19 bits per heavy atom. The van der Waals surface area contributed by atoms with Crippen LogP contribution in [0, 0.1) is 27.7 Å². The first-order chi connectivity index (χ1) is 9.81. The molecule has 21 heavy (non-hydrogen) atoms. The zero-order chi connectivity index (χ0) is 15.7. The fourth-order valence-corrected chi connectivity index (χ4v) is 2.57. The number of hydrogen-bond donors (Lipinski definition) is 1. The van der Waals surface area contributed by atoms with Gasteiger partial charge in [-0.15, -0.1) is 0 Å². The molecular weight excluding hydrogens is 262 g/mol. The normalized spacial score (nSPS) is 12.3. The van der Waals surface area contributed by atoms with Crippen LogP contribution in [0.1, 0.15) is 51.1 Å². The van der Waals surface area contributed by atoms with Crippen molar-refractivity contribution >= 4 is 5.91 Å². The molecule has 0 aliphatic carbocycles. The minimum absolute atomic E-state index is 0.0202. The lowest BCUT2D eigenvalue weighted by Crippen LogP contribution is -2.28. The summed E-state index contributed by atoms with van der Waals surface area (Å²) in [6.45, 7) is 10.1. The number of aromatic nitrogens is 2. The highest BCUT2D eigenvalue weighted by atomic mass is 16.1. The molecule has 1 unspecified atom stereocenters. The van der Waals surface area contributed by atoms with Gasteiger partial charge in [0.05, 0.1) is 12.2 Å². The fraction of sp³-hybridized carbons (Fsp3) is 0.412. The summed E-state index contributed by atoms with van der Waals surface area (Å²) < 4.78 is 1.74. The van der Waals surface area contributed by atoms with Crippen molar-refractivity contribution < 1.29 is 4.79 Å². The van der Waals surface area contributed by atoms with Crippen LogP contribution in [0.5, 0.6) is 0 Å². The molecule has 1 heterocycles. The van der Waals surface area contributed by atoms with Crippen LogP contribution in [0.3, 0.4) is 0 Å². The molecule has 0 saturated carbocycles. The molecule has 0 aliphatic rings. The number of benzene rings is 1. The summed E-state index contributed by atoms with van der Waals surface area (Å²) in [4.78, 5) is 12.6. The van der Waals surface area contributed by atoms with Crippen LogP contribution in [0.2, 0.25) is 0 Å². The van der Waals surface area contributed by atoms with Crippen molar-refractivity contribution in [1.29, 1.82) is 0 Å². The molecule has 0 saturated heterocycles. The van der Waals surface area contributed by atoms with E-state index in [1.54, 1.807) is 10.9 Å². The second-order valence-corrected chi connectivity index (χ2v) is 5.78. The summed E-state index contributed by atoms with van der Waals surface area (Å²) >= 11 is 0. The van der Waals surface area contributed by atoms with Crippen LogP contribution in [-0.2, 0) is 7.05 Å². The van der Waals surface area contributed by atoms with Crippen molar-refractivity contribution in [2.45, 2.75) is 40.7 Å². The Morgan fingerprint density at radius 3 is 2.24 bits per heavy atom. The van der Waals surface area contributed by atoms with E-state index in [9.17, 15) is 4.79 Å². The molecule has 4 nitrogen and oxygen atoms in total. The first kappa shape index (κ1) is 15.3. The van der Waals surface area contributed by atoms with Crippen LogP contribution >= 0.6 is 0 Å². The highest BCUT2D eigenvalue weighted by molar-refractivity contribution is 5.98. The van der Waals surface area contributed by atoms with Crippen molar-refractivity contribution in [3.8, 4) is 0 Å². The Labute approximate surface area is 126 Å². The van der Waals surface area contributed by atoms with Gasteiger partial charge in [-0.05, 0) is 56.9 Å². The highest BCUT2D eigenvalue weighted by Gasteiger charge is 2.18. The minimum atomic E-state index is -0.0641. The maximum Gasteiger partial charge on any atom is 0.252 e. The predicted octanol–water partition coefficient (Wildman–Crippen LogP) is 3.14. The number of amides is 1. The number of rotatable bonds is 3. The lowest BCUT2D eigenvalue weighted by Gasteiger charge is -2.18. The molecule has 1 amide bonds. The van der Waals surface area contributed by atoms with Gasteiger partial charge < -0.3 is 5.32 Å². The molecule has 0 fully saturated rings. The van der Waals surface area contributed by atoms with Crippen LogP contribution in [0.25, 0.3) is 0 Å². The summed E-state index contributed by atoms with van der Waals surface area (Å²) in [6.07, 6.45) is 3.71. The molecule has 4 heteroatoms. The van der Waals surface area contributed by atoms with E-state index in [-0.39, 0.29) is 11.9 Å². The summed E-state index contributed by atoms with van der Waals surface area (Å²) in [5.41, 5.74) is 6.20.